The lowest BCUT2D eigenvalue weighted by molar-refractivity contribution is 0.904. The van der Waals surface area contributed by atoms with Gasteiger partial charge in [-0.05, 0) is 35.0 Å². The number of nitrogens with one attached hydrogen (secondary N) is 1. The van der Waals surface area contributed by atoms with E-state index in [0.717, 1.165) is 28.5 Å². The third-order valence-electron chi connectivity index (χ3n) is 2.42. The Morgan fingerprint density at radius 3 is 2.89 bits per heavy atom. The van der Waals surface area contributed by atoms with Crippen molar-refractivity contribution < 1.29 is 0 Å². The summed E-state index contributed by atoms with van der Waals surface area (Å²) in [5, 5.41) is 3.19. The Balaban J connectivity index is 2.08. The van der Waals surface area contributed by atoms with E-state index in [2.05, 4.69) is 55.2 Å². The van der Waals surface area contributed by atoms with E-state index >= 15 is 0 Å². The third kappa shape index (κ3) is 3.43. The van der Waals surface area contributed by atoms with Crippen LogP contribution in [0, 0.1) is 0 Å². The molecule has 6 heteroatoms. The van der Waals surface area contributed by atoms with Crippen molar-refractivity contribution in [1.82, 2.24) is 9.97 Å². The van der Waals surface area contributed by atoms with Crippen molar-refractivity contribution in [3.63, 3.8) is 0 Å². The molecule has 2 aromatic heterocycles. The van der Waals surface area contributed by atoms with Gasteiger partial charge in [0.15, 0.2) is 0 Å². The zero-order valence-electron chi connectivity index (χ0n) is 10.4. The fourth-order valence-electron chi connectivity index (χ4n) is 1.59. The summed E-state index contributed by atoms with van der Waals surface area (Å²) in [6.07, 6.45) is 1.59. The van der Waals surface area contributed by atoms with Crippen molar-refractivity contribution in [3.05, 3.63) is 33.2 Å². The molecule has 1 N–H and O–H groups in total. The van der Waals surface area contributed by atoms with E-state index in [-0.39, 0.29) is 0 Å². The van der Waals surface area contributed by atoms with Crippen LogP contribution < -0.4 is 10.2 Å². The highest BCUT2D eigenvalue weighted by Gasteiger charge is 2.06. The zero-order chi connectivity index (χ0) is 13.0. The topological polar surface area (TPSA) is 41.0 Å². The minimum atomic E-state index is 0.846. The van der Waals surface area contributed by atoms with E-state index in [4.69, 9.17) is 0 Å². The Labute approximate surface area is 119 Å². The second-order valence-electron chi connectivity index (χ2n) is 3.85. The average molecular weight is 327 g/mol. The van der Waals surface area contributed by atoms with Crippen molar-refractivity contribution in [2.45, 2.75) is 13.5 Å². The van der Waals surface area contributed by atoms with Gasteiger partial charge in [-0.25, -0.2) is 9.97 Å². The van der Waals surface area contributed by atoms with Crippen LogP contribution in [0.1, 0.15) is 11.8 Å². The van der Waals surface area contributed by atoms with E-state index in [9.17, 15) is 0 Å². The van der Waals surface area contributed by atoms with Crippen molar-refractivity contribution in [2.75, 3.05) is 23.8 Å². The molecule has 0 atom stereocenters. The lowest BCUT2D eigenvalue weighted by atomic mass is 10.4. The van der Waals surface area contributed by atoms with Gasteiger partial charge >= 0.3 is 0 Å². The molecule has 0 aliphatic rings. The fourth-order valence-corrected chi connectivity index (χ4v) is 3.12. The number of nitrogens with zero attached hydrogens (tertiary/aromatic N) is 3. The van der Waals surface area contributed by atoms with Crippen molar-refractivity contribution in [1.29, 1.82) is 0 Å². The van der Waals surface area contributed by atoms with Crippen LogP contribution in [0.5, 0.6) is 0 Å². The highest BCUT2D eigenvalue weighted by atomic mass is 79.9. The molecule has 0 bridgehead atoms. The number of thiophene rings is 1. The maximum absolute atomic E-state index is 4.29. The van der Waals surface area contributed by atoms with Gasteiger partial charge in [-0.3, -0.25) is 0 Å². The summed E-state index contributed by atoms with van der Waals surface area (Å²) in [4.78, 5) is 11.9. The lowest BCUT2D eigenvalue weighted by Gasteiger charge is -2.17. The minimum absolute atomic E-state index is 0.846. The molecule has 0 radical (unpaired) electrons. The van der Waals surface area contributed by atoms with Crippen LogP contribution in [0.4, 0.5) is 11.6 Å². The summed E-state index contributed by atoms with van der Waals surface area (Å²) in [5.41, 5.74) is 0. The van der Waals surface area contributed by atoms with Gasteiger partial charge in [0.2, 0.25) is 0 Å². The second kappa shape index (κ2) is 6.15. The molecule has 0 saturated heterocycles. The fraction of sp³-hybridized carbons (Fsp3) is 0.333. The Morgan fingerprint density at radius 2 is 2.22 bits per heavy atom. The van der Waals surface area contributed by atoms with Gasteiger partial charge in [0.1, 0.15) is 18.0 Å². The molecule has 0 fully saturated rings. The van der Waals surface area contributed by atoms with E-state index < -0.39 is 0 Å². The molecule has 0 aliphatic heterocycles. The summed E-state index contributed by atoms with van der Waals surface area (Å²) < 4.78 is 1.15. The molecular formula is C12H15BrN4S. The standard InChI is InChI=1S/C12H15BrN4S/c1-3-14-11-6-12(16-8-15-11)17(2)7-9-4-5-10(13)18-9/h4-6,8H,3,7H2,1-2H3,(H,14,15,16). The number of rotatable bonds is 5. The van der Waals surface area contributed by atoms with Gasteiger partial charge in [-0.2, -0.15) is 0 Å². The number of hydrogen-bond donors (Lipinski definition) is 1. The normalized spacial score (nSPS) is 10.4. The molecule has 2 rings (SSSR count). The molecule has 0 aliphatic carbocycles. The summed E-state index contributed by atoms with van der Waals surface area (Å²) in [7, 11) is 2.03. The SMILES string of the molecule is CCNc1cc(N(C)Cc2ccc(Br)s2)ncn1. The first-order valence-corrected chi connectivity index (χ1v) is 7.31. The molecule has 0 unspecified atom stereocenters. The number of anilines is 2. The first kappa shape index (κ1) is 13.3. The molecule has 0 spiro atoms. The first-order chi connectivity index (χ1) is 8.69. The molecule has 0 amide bonds. The Bertz CT molecular complexity index is 514. The van der Waals surface area contributed by atoms with E-state index in [1.807, 2.05) is 13.1 Å². The minimum Gasteiger partial charge on any atom is -0.370 e. The molecule has 2 heterocycles. The maximum Gasteiger partial charge on any atom is 0.134 e. The number of halogens is 1. The zero-order valence-corrected chi connectivity index (χ0v) is 12.8. The number of hydrogen-bond acceptors (Lipinski definition) is 5. The highest BCUT2D eigenvalue weighted by Crippen LogP contribution is 2.24. The van der Waals surface area contributed by atoms with Gasteiger partial charge in [0.25, 0.3) is 0 Å². The van der Waals surface area contributed by atoms with Crippen molar-refractivity contribution in [2.24, 2.45) is 0 Å². The smallest absolute Gasteiger partial charge is 0.134 e. The summed E-state index contributed by atoms with van der Waals surface area (Å²) in [5.74, 6) is 1.78. The largest absolute Gasteiger partial charge is 0.370 e. The van der Waals surface area contributed by atoms with Crippen LogP contribution in [0.3, 0.4) is 0 Å². The molecule has 0 saturated carbocycles. The Morgan fingerprint density at radius 1 is 1.39 bits per heavy atom. The van der Waals surface area contributed by atoms with E-state index in [1.165, 1.54) is 4.88 Å². The molecular weight excluding hydrogens is 312 g/mol. The van der Waals surface area contributed by atoms with Crippen molar-refractivity contribution in [3.8, 4) is 0 Å². The molecule has 96 valence electrons. The van der Waals surface area contributed by atoms with Crippen LogP contribution in [-0.2, 0) is 6.54 Å². The van der Waals surface area contributed by atoms with Gasteiger partial charge in [-0.1, -0.05) is 0 Å². The lowest BCUT2D eigenvalue weighted by Crippen LogP contribution is -2.17. The number of aromatic nitrogens is 2. The second-order valence-corrected chi connectivity index (χ2v) is 6.40. The molecule has 2 aromatic rings. The van der Waals surface area contributed by atoms with Crippen LogP contribution in [0.15, 0.2) is 28.3 Å². The predicted octanol–water partition coefficient (Wildman–Crippen LogP) is 3.37. The maximum atomic E-state index is 4.29. The van der Waals surface area contributed by atoms with Gasteiger partial charge < -0.3 is 10.2 Å². The average Bonchev–Trinajstić information content (AvgIpc) is 2.75. The predicted molar refractivity (Wildman–Crippen MR) is 80.3 cm³/mol. The monoisotopic (exact) mass is 326 g/mol. The summed E-state index contributed by atoms with van der Waals surface area (Å²) in [6, 6.07) is 6.15. The highest BCUT2D eigenvalue weighted by molar-refractivity contribution is 9.11. The summed E-state index contributed by atoms with van der Waals surface area (Å²) >= 11 is 5.22. The Kier molecular flexibility index (Phi) is 4.54. The van der Waals surface area contributed by atoms with Gasteiger partial charge in [0, 0.05) is 24.5 Å². The van der Waals surface area contributed by atoms with Gasteiger partial charge in [0.05, 0.1) is 10.3 Å². The van der Waals surface area contributed by atoms with E-state index in [0.29, 0.717) is 0 Å². The molecule has 0 aromatic carbocycles. The molecule has 4 nitrogen and oxygen atoms in total. The quantitative estimate of drug-likeness (QED) is 0.914. The summed E-state index contributed by atoms with van der Waals surface area (Å²) in [6.45, 7) is 3.76. The van der Waals surface area contributed by atoms with Crippen molar-refractivity contribution >= 4 is 38.9 Å². The van der Waals surface area contributed by atoms with Crippen LogP contribution in [0.25, 0.3) is 0 Å². The first-order valence-electron chi connectivity index (χ1n) is 5.70. The van der Waals surface area contributed by atoms with E-state index in [1.54, 1.807) is 17.7 Å². The third-order valence-corrected chi connectivity index (χ3v) is 4.03. The van der Waals surface area contributed by atoms with Crippen LogP contribution >= 0.6 is 27.3 Å². The molecule has 18 heavy (non-hydrogen) atoms. The van der Waals surface area contributed by atoms with Crippen LogP contribution in [-0.4, -0.2) is 23.6 Å². The van der Waals surface area contributed by atoms with Crippen LogP contribution in [0.2, 0.25) is 0 Å². The Hall–Kier alpha value is -1.14. The van der Waals surface area contributed by atoms with Gasteiger partial charge in [-0.15, -0.1) is 11.3 Å².